The highest BCUT2D eigenvalue weighted by atomic mass is 35.5. The van der Waals surface area contributed by atoms with Crippen LogP contribution in [0.1, 0.15) is 13.0 Å². The molecule has 164 valence electrons. The van der Waals surface area contributed by atoms with E-state index in [2.05, 4.69) is 10.3 Å². The minimum atomic E-state index is -0.813. The molecule has 32 heavy (non-hydrogen) atoms. The molecule has 0 aliphatic heterocycles. The number of rotatable bonds is 6. The third-order valence-corrected chi connectivity index (χ3v) is 6.26. The molecule has 2 heterocycles. The summed E-state index contributed by atoms with van der Waals surface area (Å²) >= 11 is 7.43. The minimum absolute atomic E-state index is 0.289. The predicted molar refractivity (Wildman–Crippen MR) is 127 cm³/mol. The van der Waals surface area contributed by atoms with Crippen LogP contribution in [-0.2, 0) is 4.79 Å². The number of benzene rings is 2. The molecule has 7 nitrogen and oxygen atoms in total. The summed E-state index contributed by atoms with van der Waals surface area (Å²) in [5, 5.41) is 5.61. The van der Waals surface area contributed by atoms with E-state index in [-0.39, 0.29) is 5.56 Å². The summed E-state index contributed by atoms with van der Waals surface area (Å²) in [4.78, 5) is 31.3. The molecule has 1 amide bonds. The van der Waals surface area contributed by atoms with Gasteiger partial charge in [0.15, 0.2) is 0 Å². The summed E-state index contributed by atoms with van der Waals surface area (Å²) in [6.07, 6.45) is 1.40. The highest BCUT2D eigenvalue weighted by molar-refractivity contribution is 7.17. The van der Waals surface area contributed by atoms with E-state index in [1.165, 1.54) is 29.3 Å². The number of carbonyl (C=O) groups excluding carboxylic acids is 1. The van der Waals surface area contributed by atoms with E-state index < -0.39 is 11.9 Å². The number of fused-ring (bicyclic) bond motifs is 1. The van der Waals surface area contributed by atoms with Crippen molar-refractivity contribution in [2.24, 2.45) is 0 Å². The molecule has 0 spiro atoms. The van der Waals surface area contributed by atoms with E-state index in [4.69, 9.17) is 21.1 Å². The Hall–Kier alpha value is -3.36. The molecule has 0 aliphatic rings. The first kappa shape index (κ1) is 21.9. The summed E-state index contributed by atoms with van der Waals surface area (Å²) in [5.41, 5.74) is 1.77. The molecule has 1 unspecified atom stereocenters. The second-order valence-electron chi connectivity index (χ2n) is 7.02. The van der Waals surface area contributed by atoms with Crippen molar-refractivity contribution in [3.63, 3.8) is 0 Å². The molecule has 1 atom stereocenters. The molecule has 2 aromatic carbocycles. The fraction of sp³-hybridized carbons (Fsp3) is 0.174. The van der Waals surface area contributed by atoms with Crippen LogP contribution in [0.4, 0.5) is 5.69 Å². The average Bonchev–Trinajstić information content (AvgIpc) is 3.24. The van der Waals surface area contributed by atoms with Crippen molar-refractivity contribution in [1.29, 1.82) is 0 Å². The Kier molecular flexibility index (Phi) is 6.16. The van der Waals surface area contributed by atoms with Crippen molar-refractivity contribution in [2.45, 2.75) is 13.0 Å². The molecule has 0 aliphatic carbocycles. The van der Waals surface area contributed by atoms with Gasteiger partial charge in [-0.15, -0.1) is 11.3 Å². The SMILES string of the molecule is COc1ccc(-c2csc3ncn(C(C)C(=O)Nc4cc(Cl)ccc4OC)c(=O)c23)cc1. The van der Waals surface area contributed by atoms with E-state index in [0.717, 1.165) is 16.9 Å². The molecule has 9 heteroatoms. The number of aromatic nitrogens is 2. The van der Waals surface area contributed by atoms with Crippen LogP contribution in [0.5, 0.6) is 11.5 Å². The van der Waals surface area contributed by atoms with Crippen LogP contribution in [0.25, 0.3) is 21.3 Å². The van der Waals surface area contributed by atoms with Gasteiger partial charge < -0.3 is 14.8 Å². The maximum absolute atomic E-state index is 13.4. The zero-order chi connectivity index (χ0) is 22.8. The van der Waals surface area contributed by atoms with Gasteiger partial charge in [0.1, 0.15) is 22.4 Å². The third kappa shape index (κ3) is 4.06. The highest BCUT2D eigenvalue weighted by Gasteiger charge is 2.21. The van der Waals surface area contributed by atoms with Gasteiger partial charge in [-0.25, -0.2) is 4.98 Å². The lowest BCUT2D eigenvalue weighted by Crippen LogP contribution is -2.31. The van der Waals surface area contributed by atoms with Crippen LogP contribution in [0, 0.1) is 0 Å². The first-order chi connectivity index (χ1) is 15.4. The van der Waals surface area contributed by atoms with Crippen LogP contribution < -0.4 is 20.3 Å². The van der Waals surface area contributed by atoms with Crippen LogP contribution >= 0.6 is 22.9 Å². The fourth-order valence-electron chi connectivity index (χ4n) is 3.35. The number of thiophene rings is 1. The largest absolute Gasteiger partial charge is 0.497 e. The molecule has 0 saturated carbocycles. The highest BCUT2D eigenvalue weighted by Crippen LogP contribution is 2.32. The molecular formula is C23H20ClN3O4S. The number of ether oxygens (including phenoxy) is 2. The van der Waals surface area contributed by atoms with Gasteiger partial charge in [0.2, 0.25) is 5.91 Å². The van der Waals surface area contributed by atoms with Gasteiger partial charge in [-0.05, 0) is 42.8 Å². The summed E-state index contributed by atoms with van der Waals surface area (Å²) in [6, 6.07) is 11.6. The number of halogens is 1. The standard InChI is InChI=1S/C23H20ClN3O4S/c1-13(21(28)26-18-10-15(24)6-9-19(18)31-3)27-12-25-22-20(23(27)29)17(11-32-22)14-4-7-16(30-2)8-5-14/h4-13H,1-3H3,(H,26,28). The molecular weight excluding hydrogens is 450 g/mol. The topological polar surface area (TPSA) is 82.5 Å². The zero-order valence-corrected chi connectivity index (χ0v) is 19.2. The number of amides is 1. The maximum Gasteiger partial charge on any atom is 0.263 e. The summed E-state index contributed by atoms with van der Waals surface area (Å²) in [6.45, 7) is 1.64. The Morgan fingerprint density at radius 1 is 1.16 bits per heavy atom. The van der Waals surface area contributed by atoms with E-state index in [9.17, 15) is 9.59 Å². The Balaban J connectivity index is 1.70. The zero-order valence-electron chi connectivity index (χ0n) is 17.6. The fourth-order valence-corrected chi connectivity index (χ4v) is 4.42. The normalized spacial score (nSPS) is 11.9. The van der Waals surface area contributed by atoms with Gasteiger partial charge in [0, 0.05) is 16.0 Å². The van der Waals surface area contributed by atoms with Gasteiger partial charge in [-0.3, -0.25) is 14.2 Å². The number of hydrogen-bond acceptors (Lipinski definition) is 6. The van der Waals surface area contributed by atoms with Gasteiger partial charge in [0.25, 0.3) is 5.56 Å². The monoisotopic (exact) mass is 469 g/mol. The Labute approximate surface area is 193 Å². The Bertz CT molecular complexity index is 1350. The van der Waals surface area contributed by atoms with Crippen LogP contribution in [0.15, 0.2) is 59.0 Å². The lowest BCUT2D eigenvalue weighted by Gasteiger charge is -2.16. The quantitative estimate of drug-likeness (QED) is 0.430. The molecule has 2 aromatic heterocycles. The van der Waals surface area contributed by atoms with Crippen LogP contribution in [0.3, 0.4) is 0 Å². The predicted octanol–water partition coefficient (Wildman–Crippen LogP) is 5.00. The Morgan fingerprint density at radius 3 is 2.59 bits per heavy atom. The molecule has 0 fully saturated rings. The second kappa shape index (κ2) is 9.02. The molecule has 4 rings (SSSR count). The second-order valence-corrected chi connectivity index (χ2v) is 8.32. The number of hydrogen-bond donors (Lipinski definition) is 1. The van der Waals surface area contributed by atoms with Gasteiger partial charge in [-0.1, -0.05) is 23.7 Å². The summed E-state index contributed by atoms with van der Waals surface area (Å²) in [7, 11) is 3.10. The maximum atomic E-state index is 13.4. The van der Waals surface area contributed by atoms with Crippen molar-refractivity contribution < 1.29 is 14.3 Å². The van der Waals surface area contributed by atoms with Gasteiger partial charge in [-0.2, -0.15) is 0 Å². The smallest absolute Gasteiger partial charge is 0.263 e. The van der Waals surface area contributed by atoms with E-state index in [1.807, 2.05) is 29.6 Å². The molecule has 0 bridgehead atoms. The molecule has 1 N–H and O–H groups in total. The molecule has 0 radical (unpaired) electrons. The lowest BCUT2D eigenvalue weighted by atomic mass is 10.1. The lowest BCUT2D eigenvalue weighted by molar-refractivity contribution is -0.118. The molecule has 4 aromatic rings. The van der Waals surface area contributed by atoms with Crippen molar-refractivity contribution in [2.75, 3.05) is 19.5 Å². The number of carbonyl (C=O) groups is 1. The minimum Gasteiger partial charge on any atom is -0.497 e. The first-order valence-corrected chi connectivity index (χ1v) is 11.0. The Morgan fingerprint density at radius 2 is 1.91 bits per heavy atom. The van der Waals surface area contributed by atoms with Crippen molar-refractivity contribution in [1.82, 2.24) is 9.55 Å². The van der Waals surface area contributed by atoms with E-state index >= 15 is 0 Å². The third-order valence-electron chi connectivity index (χ3n) is 5.14. The van der Waals surface area contributed by atoms with Crippen molar-refractivity contribution in [3.05, 3.63) is 69.5 Å². The van der Waals surface area contributed by atoms with Crippen LogP contribution in [-0.4, -0.2) is 29.7 Å². The number of nitrogens with one attached hydrogen (secondary N) is 1. The summed E-state index contributed by atoms with van der Waals surface area (Å²) < 4.78 is 11.8. The van der Waals surface area contributed by atoms with Crippen LogP contribution in [0.2, 0.25) is 5.02 Å². The van der Waals surface area contributed by atoms with Crippen molar-refractivity contribution in [3.8, 4) is 22.6 Å². The average molecular weight is 470 g/mol. The van der Waals surface area contributed by atoms with Gasteiger partial charge >= 0.3 is 0 Å². The van der Waals surface area contributed by atoms with E-state index in [1.54, 1.807) is 32.2 Å². The number of anilines is 1. The van der Waals surface area contributed by atoms with E-state index in [0.29, 0.717) is 26.7 Å². The summed E-state index contributed by atoms with van der Waals surface area (Å²) in [5.74, 6) is 0.802. The van der Waals surface area contributed by atoms with Gasteiger partial charge in [0.05, 0.1) is 31.6 Å². The molecule has 0 saturated heterocycles. The van der Waals surface area contributed by atoms with Crippen molar-refractivity contribution >= 4 is 44.7 Å². The first-order valence-electron chi connectivity index (χ1n) is 9.70. The number of methoxy groups -OCH3 is 2. The number of nitrogens with zero attached hydrogens (tertiary/aromatic N) is 2.